The van der Waals surface area contributed by atoms with Crippen molar-refractivity contribution in [3.8, 4) is 0 Å². The SMILES string of the molecule is CCCC(C)N(C)CCC(NCC)C(C)(C)C. The Morgan fingerprint density at radius 3 is 2.12 bits per heavy atom. The van der Waals surface area contributed by atoms with Crippen LogP contribution < -0.4 is 5.32 Å². The second-order valence-corrected chi connectivity index (χ2v) is 6.38. The number of nitrogens with one attached hydrogen (secondary N) is 1. The van der Waals surface area contributed by atoms with Crippen molar-refractivity contribution in [2.24, 2.45) is 5.41 Å². The summed E-state index contributed by atoms with van der Waals surface area (Å²) in [5.41, 5.74) is 0.352. The first kappa shape index (κ1) is 16.9. The zero-order valence-electron chi connectivity index (χ0n) is 13.1. The molecule has 0 aliphatic carbocycles. The molecule has 17 heavy (non-hydrogen) atoms. The fourth-order valence-corrected chi connectivity index (χ4v) is 2.28. The van der Waals surface area contributed by atoms with Crippen LogP contribution in [0.1, 0.15) is 60.8 Å². The zero-order valence-corrected chi connectivity index (χ0v) is 13.1. The van der Waals surface area contributed by atoms with E-state index in [1.807, 2.05) is 0 Å². The van der Waals surface area contributed by atoms with E-state index in [4.69, 9.17) is 0 Å². The van der Waals surface area contributed by atoms with Crippen LogP contribution in [0.25, 0.3) is 0 Å². The van der Waals surface area contributed by atoms with Gasteiger partial charge in [-0.15, -0.1) is 0 Å². The van der Waals surface area contributed by atoms with Gasteiger partial charge >= 0.3 is 0 Å². The second-order valence-electron chi connectivity index (χ2n) is 6.38. The minimum absolute atomic E-state index is 0.352. The lowest BCUT2D eigenvalue weighted by Crippen LogP contribution is -2.43. The summed E-state index contributed by atoms with van der Waals surface area (Å²) in [6.45, 7) is 16.0. The van der Waals surface area contributed by atoms with Gasteiger partial charge in [0.05, 0.1) is 0 Å². The molecule has 0 aromatic rings. The summed E-state index contributed by atoms with van der Waals surface area (Å²) in [5.74, 6) is 0. The largest absolute Gasteiger partial charge is 0.314 e. The van der Waals surface area contributed by atoms with E-state index in [0.29, 0.717) is 17.5 Å². The Bertz CT molecular complexity index is 184. The first-order valence-corrected chi connectivity index (χ1v) is 7.26. The number of nitrogens with zero attached hydrogens (tertiary/aromatic N) is 1. The summed E-state index contributed by atoms with van der Waals surface area (Å²) in [6.07, 6.45) is 3.82. The summed E-state index contributed by atoms with van der Waals surface area (Å²) >= 11 is 0. The fraction of sp³-hybridized carbons (Fsp3) is 1.00. The fourth-order valence-electron chi connectivity index (χ4n) is 2.28. The smallest absolute Gasteiger partial charge is 0.0128 e. The monoisotopic (exact) mass is 242 g/mol. The molecule has 0 amide bonds. The van der Waals surface area contributed by atoms with Crippen molar-refractivity contribution < 1.29 is 0 Å². The van der Waals surface area contributed by atoms with Crippen molar-refractivity contribution in [2.75, 3.05) is 20.1 Å². The van der Waals surface area contributed by atoms with Gasteiger partial charge in [-0.1, -0.05) is 41.0 Å². The zero-order chi connectivity index (χ0) is 13.5. The first-order chi connectivity index (χ1) is 7.82. The van der Waals surface area contributed by atoms with Crippen LogP contribution >= 0.6 is 0 Å². The van der Waals surface area contributed by atoms with Crippen LogP contribution in [0.15, 0.2) is 0 Å². The third kappa shape index (κ3) is 7.05. The molecule has 2 heteroatoms. The van der Waals surface area contributed by atoms with E-state index >= 15 is 0 Å². The van der Waals surface area contributed by atoms with Crippen LogP contribution in [-0.2, 0) is 0 Å². The summed E-state index contributed by atoms with van der Waals surface area (Å²) < 4.78 is 0. The molecule has 2 atom stereocenters. The standard InChI is InChI=1S/C15H34N2/c1-8-10-13(3)17(7)12-11-14(16-9-2)15(4,5)6/h13-14,16H,8-12H2,1-7H3. The molecule has 1 N–H and O–H groups in total. The molecule has 0 saturated carbocycles. The molecule has 2 nitrogen and oxygen atoms in total. The summed E-state index contributed by atoms with van der Waals surface area (Å²) in [5, 5.41) is 3.62. The van der Waals surface area contributed by atoms with Gasteiger partial charge in [-0.05, 0) is 45.3 Å². The Morgan fingerprint density at radius 1 is 1.12 bits per heavy atom. The maximum atomic E-state index is 3.62. The lowest BCUT2D eigenvalue weighted by molar-refractivity contribution is 0.193. The molecular formula is C15H34N2. The van der Waals surface area contributed by atoms with Crippen molar-refractivity contribution in [1.82, 2.24) is 10.2 Å². The second kappa shape index (κ2) is 8.10. The van der Waals surface area contributed by atoms with Crippen molar-refractivity contribution in [3.63, 3.8) is 0 Å². The highest BCUT2D eigenvalue weighted by Gasteiger charge is 2.24. The molecule has 0 rings (SSSR count). The average Bonchev–Trinajstić information content (AvgIpc) is 2.22. The molecule has 0 spiro atoms. The van der Waals surface area contributed by atoms with Crippen LogP contribution in [0, 0.1) is 5.41 Å². The quantitative estimate of drug-likeness (QED) is 0.700. The van der Waals surface area contributed by atoms with E-state index in [2.05, 4.69) is 58.8 Å². The number of hydrogen-bond donors (Lipinski definition) is 1. The van der Waals surface area contributed by atoms with Crippen LogP contribution in [0.2, 0.25) is 0 Å². The first-order valence-electron chi connectivity index (χ1n) is 7.26. The van der Waals surface area contributed by atoms with E-state index in [-0.39, 0.29) is 0 Å². The molecule has 0 radical (unpaired) electrons. The van der Waals surface area contributed by atoms with Gasteiger partial charge in [-0.2, -0.15) is 0 Å². The van der Waals surface area contributed by atoms with Crippen molar-refractivity contribution >= 4 is 0 Å². The Balaban J connectivity index is 4.12. The summed E-state index contributed by atoms with van der Waals surface area (Å²) in [7, 11) is 2.26. The molecular weight excluding hydrogens is 208 g/mol. The van der Waals surface area contributed by atoms with Crippen LogP contribution in [0.4, 0.5) is 0 Å². The third-order valence-corrected chi connectivity index (χ3v) is 3.73. The number of rotatable bonds is 8. The number of hydrogen-bond acceptors (Lipinski definition) is 2. The van der Waals surface area contributed by atoms with Gasteiger partial charge in [0.25, 0.3) is 0 Å². The minimum Gasteiger partial charge on any atom is -0.314 e. The van der Waals surface area contributed by atoms with Gasteiger partial charge in [0.1, 0.15) is 0 Å². The van der Waals surface area contributed by atoms with Crippen molar-refractivity contribution in [2.45, 2.75) is 72.9 Å². The van der Waals surface area contributed by atoms with Crippen molar-refractivity contribution in [1.29, 1.82) is 0 Å². The summed E-state index contributed by atoms with van der Waals surface area (Å²) in [4.78, 5) is 2.50. The molecule has 0 fully saturated rings. The molecule has 0 aliphatic rings. The topological polar surface area (TPSA) is 15.3 Å². The van der Waals surface area contributed by atoms with E-state index in [9.17, 15) is 0 Å². The molecule has 0 aliphatic heterocycles. The third-order valence-electron chi connectivity index (χ3n) is 3.73. The van der Waals surface area contributed by atoms with Gasteiger partial charge in [0.15, 0.2) is 0 Å². The Hall–Kier alpha value is -0.0800. The highest BCUT2D eigenvalue weighted by molar-refractivity contribution is 4.81. The molecule has 2 unspecified atom stereocenters. The van der Waals surface area contributed by atoms with Gasteiger partial charge in [-0.25, -0.2) is 0 Å². The maximum absolute atomic E-state index is 3.62. The highest BCUT2D eigenvalue weighted by atomic mass is 15.1. The molecule has 0 aromatic heterocycles. The molecule has 0 heterocycles. The predicted molar refractivity (Wildman–Crippen MR) is 78.5 cm³/mol. The van der Waals surface area contributed by atoms with Crippen LogP contribution in [0.3, 0.4) is 0 Å². The Labute approximate surface area is 109 Å². The van der Waals surface area contributed by atoms with E-state index in [0.717, 1.165) is 6.54 Å². The maximum Gasteiger partial charge on any atom is 0.0128 e. The predicted octanol–water partition coefficient (Wildman–Crippen LogP) is 3.52. The Morgan fingerprint density at radius 2 is 1.71 bits per heavy atom. The summed E-state index contributed by atoms with van der Waals surface area (Å²) in [6, 6.07) is 1.33. The lowest BCUT2D eigenvalue weighted by atomic mass is 9.84. The van der Waals surface area contributed by atoms with E-state index < -0.39 is 0 Å². The van der Waals surface area contributed by atoms with Gasteiger partial charge in [0.2, 0.25) is 0 Å². The molecule has 0 aromatic carbocycles. The van der Waals surface area contributed by atoms with Gasteiger partial charge < -0.3 is 10.2 Å². The lowest BCUT2D eigenvalue weighted by Gasteiger charge is -2.34. The molecule has 0 saturated heterocycles. The van der Waals surface area contributed by atoms with Crippen molar-refractivity contribution in [3.05, 3.63) is 0 Å². The van der Waals surface area contributed by atoms with Gasteiger partial charge in [-0.3, -0.25) is 0 Å². The van der Waals surface area contributed by atoms with Gasteiger partial charge in [0, 0.05) is 12.1 Å². The molecule has 0 bridgehead atoms. The molecule has 104 valence electrons. The minimum atomic E-state index is 0.352. The Kier molecular flexibility index (Phi) is 8.06. The van der Waals surface area contributed by atoms with Crippen LogP contribution in [-0.4, -0.2) is 37.1 Å². The van der Waals surface area contributed by atoms with E-state index in [1.54, 1.807) is 0 Å². The average molecular weight is 242 g/mol. The van der Waals surface area contributed by atoms with Crippen LogP contribution in [0.5, 0.6) is 0 Å². The normalized spacial score (nSPS) is 16.2. The van der Waals surface area contributed by atoms with E-state index in [1.165, 1.54) is 25.8 Å². The highest BCUT2D eigenvalue weighted by Crippen LogP contribution is 2.22.